The highest BCUT2D eigenvalue weighted by Gasteiger charge is 2.20. The molecule has 2 saturated heterocycles. The minimum absolute atomic E-state index is 0.211. The maximum absolute atomic E-state index is 6.06. The summed E-state index contributed by atoms with van der Waals surface area (Å²) in [6.07, 6.45) is 3.52. The maximum atomic E-state index is 6.06. The van der Waals surface area contributed by atoms with Gasteiger partial charge in [0.1, 0.15) is 11.9 Å². The van der Waals surface area contributed by atoms with Gasteiger partial charge in [0.25, 0.3) is 0 Å². The molecule has 0 saturated carbocycles. The highest BCUT2D eigenvalue weighted by molar-refractivity contribution is 5.53. The van der Waals surface area contributed by atoms with Crippen LogP contribution < -0.4 is 15.4 Å². The van der Waals surface area contributed by atoms with E-state index in [4.69, 9.17) is 15.2 Å². The molecule has 3 rings (SSSR count). The molecule has 0 radical (unpaired) electrons. The molecule has 2 atom stereocenters. The first-order valence-electron chi connectivity index (χ1n) is 7.58. The molecule has 2 aliphatic rings. The molecule has 2 fully saturated rings. The third kappa shape index (κ3) is 3.07. The summed E-state index contributed by atoms with van der Waals surface area (Å²) in [5.74, 6) is 0.977. The van der Waals surface area contributed by atoms with Gasteiger partial charge in [0, 0.05) is 31.2 Å². The first-order chi connectivity index (χ1) is 9.72. The van der Waals surface area contributed by atoms with E-state index in [0.717, 1.165) is 38.3 Å². The number of ether oxygens (including phenoxy) is 2. The zero-order valence-corrected chi connectivity index (χ0v) is 12.2. The molecule has 2 heterocycles. The van der Waals surface area contributed by atoms with E-state index in [1.54, 1.807) is 0 Å². The summed E-state index contributed by atoms with van der Waals surface area (Å²) in [6.45, 7) is 5.69. The molecule has 1 aromatic rings. The molecule has 20 heavy (non-hydrogen) atoms. The normalized spacial score (nSPS) is 26.8. The molecule has 2 N–H and O–H groups in total. The van der Waals surface area contributed by atoms with Crippen molar-refractivity contribution in [1.82, 2.24) is 0 Å². The van der Waals surface area contributed by atoms with Crippen LogP contribution in [0.4, 0.5) is 5.69 Å². The molecule has 0 spiro atoms. The number of rotatable bonds is 3. The Bertz CT molecular complexity index is 458. The van der Waals surface area contributed by atoms with Gasteiger partial charge in [0.2, 0.25) is 0 Å². The molecule has 110 valence electrons. The maximum Gasteiger partial charge on any atom is 0.124 e. The Morgan fingerprint density at radius 1 is 1.35 bits per heavy atom. The topological polar surface area (TPSA) is 47.7 Å². The molecule has 0 aromatic heterocycles. The molecular weight excluding hydrogens is 252 g/mol. The Balaban J connectivity index is 1.69. The van der Waals surface area contributed by atoms with Gasteiger partial charge >= 0.3 is 0 Å². The molecular formula is C16H24N2O2. The summed E-state index contributed by atoms with van der Waals surface area (Å²) in [6, 6.07) is 6.75. The zero-order chi connectivity index (χ0) is 13.9. The van der Waals surface area contributed by atoms with Crippen molar-refractivity contribution in [2.24, 2.45) is 5.73 Å². The van der Waals surface area contributed by atoms with Crippen LogP contribution in [0.1, 0.15) is 24.8 Å². The number of benzene rings is 1. The van der Waals surface area contributed by atoms with E-state index in [1.807, 2.05) is 0 Å². The Labute approximate surface area is 120 Å². The number of anilines is 1. The number of aryl methyl sites for hydroxylation is 1. The van der Waals surface area contributed by atoms with Gasteiger partial charge in [0.15, 0.2) is 0 Å². The van der Waals surface area contributed by atoms with Crippen LogP contribution in [0.25, 0.3) is 0 Å². The predicted octanol–water partition coefficient (Wildman–Crippen LogP) is 2.09. The van der Waals surface area contributed by atoms with Crippen molar-refractivity contribution in [2.45, 2.75) is 38.3 Å². The number of hydrogen-bond donors (Lipinski definition) is 1. The molecule has 1 aromatic carbocycles. The van der Waals surface area contributed by atoms with E-state index < -0.39 is 0 Å². The van der Waals surface area contributed by atoms with Crippen molar-refractivity contribution in [2.75, 3.05) is 31.2 Å². The van der Waals surface area contributed by atoms with E-state index in [1.165, 1.54) is 17.7 Å². The zero-order valence-electron chi connectivity index (χ0n) is 12.2. The van der Waals surface area contributed by atoms with Crippen LogP contribution in [0, 0.1) is 6.92 Å². The fourth-order valence-electron chi connectivity index (χ4n) is 2.99. The summed E-state index contributed by atoms with van der Waals surface area (Å²) >= 11 is 0. The van der Waals surface area contributed by atoms with Crippen LogP contribution >= 0.6 is 0 Å². The quantitative estimate of drug-likeness (QED) is 0.918. The highest BCUT2D eigenvalue weighted by atomic mass is 16.5. The van der Waals surface area contributed by atoms with Crippen LogP contribution in [0.15, 0.2) is 18.2 Å². The number of nitrogens with two attached hydrogens (primary N) is 1. The molecule has 4 nitrogen and oxygen atoms in total. The fourth-order valence-corrected chi connectivity index (χ4v) is 2.99. The molecule has 0 aliphatic carbocycles. The Kier molecular flexibility index (Phi) is 4.13. The molecule has 4 heteroatoms. The smallest absolute Gasteiger partial charge is 0.124 e. The van der Waals surface area contributed by atoms with Crippen molar-refractivity contribution in [3.05, 3.63) is 23.8 Å². The van der Waals surface area contributed by atoms with Gasteiger partial charge in [-0.15, -0.1) is 0 Å². The van der Waals surface area contributed by atoms with Crippen LogP contribution in [0.3, 0.4) is 0 Å². The van der Waals surface area contributed by atoms with Gasteiger partial charge in [-0.05, 0) is 43.5 Å². The second-order valence-corrected chi connectivity index (χ2v) is 5.90. The molecule has 0 amide bonds. The lowest BCUT2D eigenvalue weighted by Gasteiger charge is -2.33. The van der Waals surface area contributed by atoms with E-state index in [9.17, 15) is 0 Å². The van der Waals surface area contributed by atoms with Crippen LogP contribution in [0.2, 0.25) is 0 Å². The summed E-state index contributed by atoms with van der Waals surface area (Å²) in [5.41, 5.74) is 8.50. The minimum Gasteiger partial charge on any atom is -0.488 e. The lowest BCUT2D eigenvalue weighted by Crippen LogP contribution is -2.42. The highest BCUT2D eigenvalue weighted by Crippen LogP contribution is 2.28. The first-order valence-corrected chi connectivity index (χ1v) is 7.58. The number of piperidine rings is 1. The number of nitrogens with zero attached hydrogens (tertiary/aromatic N) is 1. The lowest BCUT2D eigenvalue weighted by molar-refractivity contribution is 0.141. The third-order valence-corrected chi connectivity index (χ3v) is 4.16. The molecule has 0 bridgehead atoms. The average Bonchev–Trinajstić information content (AvgIpc) is 2.94. The average molecular weight is 276 g/mol. The molecule has 2 unspecified atom stereocenters. The summed E-state index contributed by atoms with van der Waals surface area (Å²) in [4.78, 5) is 2.38. The molecule has 2 aliphatic heterocycles. The van der Waals surface area contributed by atoms with Crippen molar-refractivity contribution >= 4 is 5.69 Å². The van der Waals surface area contributed by atoms with Crippen LogP contribution in [-0.4, -0.2) is 38.4 Å². The summed E-state index contributed by atoms with van der Waals surface area (Å²) in [5, 5.41) is 0. The Morgan fingerprint density at radius 3 is 2.95 bits per heavy atom. The van der Waals surface area contributed by atoms with Crippen molar-refractivity contribution in [3.63, 3.8) is 0 Å². The van der Waals surface area contributed by atoms with Gasteiger partial charge in [-0.25, -0.2) is 0 Å². The van der Waals surface area contributed by atoms with Crippen molar-refractivity contribution in [1.29, 1.82) is 0 Å². The van der Waals surface area contributed by atoms with Gasteiger partial charge in [-0.2, -0.15) is 0 Å². The first kappa shape index (κ1) is 13.7. The van der Waals surface area contributed by atoms with Gasteiger partial charge in [0.05, 0.1) is 13.2 Å². The van der Waals surface area contributed by atoms with E-state index >= 15 is 0 Å². The standard InChI is InChI=1S/C16H24N2O2/c1-12-9-14(18-7-2-3-13(17)10-18)4-5-16(12)20-15-6-8-19-11-15/h4-5,9,13,15H,2-3,6-8,10-11,17H2,1H3. The largest absolute Gasteiger partial charge is 0.488 e. The van der Waals surface area contributed by atoms with E-state index in [-0.39, 0.29) is 6.10 Å². The van der Waals surface area contributed by atoms with Crippen LogP contribution in [-0.2, 0) is 4.74 Å². The summed E-state index contributed by atoms with van der Waals surface area (Å²) in [7, 11) is 0. The van der Waals surface area contributed by atoms with Crippen molar-refractivity contribution < 1.29 is 9.47 Å². The van der Waals surface area contributed by atoms with Gasteiger partial charge in [-0.1, -0.05) is 0 Å². The SMILES string of the molecule is Cc1cc(N2CCCC(N)C2)ccc1OC1CCOC1. The Morgan fingerprint density at radius 2 is 2.25 bits per heavy atom. The monoisotopic (exact) mass is 276 g/mol. The van der Waals surface area contributed by atoms with Gasteiger partial charge in [-0.3, -0.25) is 0 Å². The second-order valence-electron chi connectivity index (χ2n) is 5.90. The van der Waals surface area contributed by atoms with E-state index in [0.29, 0.717) is 12.6 Å². The fraction of sp³-hybridized carbons (Fsp3) is 0.625. The lowest BCUT2D eigenvalue weighted by atomic mass is 10.1. The Hall–Kier alpha value is -1.26. The number of hydrogen-bond acceptors (Lipinski definition) is 4. The predicted molar refractivity (Wildman–Crippen MR) is 80.5 cm³/mol. The second kappa shape index (κ2) is 6.02. The minimum atomic E-state index is 0.211. The third-order valence-electron chi connectivity index (χ3n) is 4.16. The van der Waals surface area contributed by atoms with Crippen molar-refractivity contribution in [3.8, 4) is 5.75 Å². The summed E-state index contributed by atoms with van der Waals surface area (Å²) < 4.78 is 11.4. The van der Waals surface area contributed by atoms with E-state index in [2.05, 4.69) is 30.0 Å². The van der Waals surface area contributed by atoms with Crippen LogP contribution in [0.5, 0.6) is 5.75 Å². The van der Waals surface area contributed by atoms with Gasteiger partial charge < -0.3 is 20.1 Å².